The van der Waals surface area contributed by atoms with Crippen molar-refractivity contribution in [1.29, 1.82) is 0 Å². The van der Waals surface area contributed by atoms with Crippen LogP contribution in [0.5, 0.6) is 5.75 Å². The summed E-state index contributed by atoms with van der Waals surface area (Å²) in [6.45, 7) is 1.32. The summed E-state index contributed by atoms with van der Waals surface area (Å²) in [6.07, 6.45) is 8.10. The SMILES string of the molecule is COc1ccc(N2C=CCC(COC3CCCCO3)=N2)cc1. The number of hydrazone groups is 1. The molecule has 0 aliphatic carbocycles. The predicted molar refractivity (Wildman–Crippen MR) is 86.2 cm³/mol. The van der Waals surface area contributed by atoms with Gasteiger partial charge in [-0.25, -0.2) is 5.01 Å². The van der Waals surface area contributed by atoms with Crippen molar-refractivity contribution in [2.75, 3.05) is 25.3 Å². The number of hydrogen-bond donors (Lipinski definition) is 0. The third kappa shape index (κ3) is 3.87. The van der Waals surface area contributed by atoms with Gasteiger partial charge in [-0.3, -0.25) is 0 Å². The van der Waals surface area contributed by atoms with Crippen molar-refractivity contribution in [1.82, 2.24) is 0 Å². The number of benzene rings is 1. The molecule has 5 nitrogen and oxygen atoms in total. The van der Waals surface area contributed by atoms with Crippen LogP contribution < -0.4 is 9.75 Å². The van der Waals surface area contributed by atoms with Crippen LogP contribution in [0.2, 0.25) is 0 Å². The molecule has 0 radical (unpaired) electrons. The number of allylic oxidation sites excluding steroid dienone is 1. The second kappa shape index (κ2) is 7.42. The molecule has 0 aromatic heterocycles. The number of nitrogens with zero attached hydrogens (tertiary/aromatic N) is 2. The van der Waals surface area contributed by atoms with E-state index in [-0.39, 0.29) is 6.29 Å². The van der Waals surface area contributed by atoms with Gasteiger partial charge in [0.05, 0.1) is 25.1 Å². The summed E-state index contributed by atoms with van der Waals surface area (Å²) in [5.41, 5.74) is 2.01. The van der Waals surface area contributed by atoms with E-state index in [2.05, 4.69) is 11.2 Å². The number of hydrogen-bond acceptors (Lipinski definition) is 5. The lowest BCUT2D eigenvalue weighted by molar-refractivity contribution is -0.153. The molecule has 1 fully saturated rings. The molecule has 1 saturated heterocycles. The van der Waals surface area contributed by atoms with Gasteiger partial charge in [0.15, 0.2) is 6.29 Å². The zero-order chi connectivity index (χ0) is 15.2. The molecule has 1 aromatic rings. The Morgan fingerprint density at radius 2 is 2.14 bits per heavy atom. The molecule has 3 rings (SSSR count). The summed E-state index contributed by atoms with van der Waals surface area (Å²) in [5, 5.41) is 6.50. The fourth-order valence-corrected chi connectivity index (χ4v) is 2.51. The Morgan fingerprint density at radius 1 is 1.27 bits per heavy atom. The van der Waals surface area contributed by atoms with Crippen molar-refractivity contribution < 1.29 is 14.2 Å². The molecule has 1 unspecified atom stereocenters. The second-order valence-corrected chi connectivity index (χ2v) is 5.40. The van der Waals surface area contributed by atoms with Crippen molar-refractivity contribution in [3.05, 3.63) is 36.5 Å². The molecule has 0 spiro atoms. The molecule has 5 heteroatoms. The fourth-order valence-electron chi connectivity index (χ4n) is 2.51. The summed E-state index contributed by atoms with van der Waals surface area (Å²) < 4.78 is 16.6. The van der Waals surface area contributed by atoms with Gasteiger partial charge >= 0.3 is 0 Å². The summed E-state index contributed by atoms with van der Waals surface area (Å²) in [4.78, 5) is 0. The molecule has 1 atom stereocenters. The first-order valence-corrected chi connectivity index (χ1v) is 7.74. The lowest BCUT2D eigenvalue weighted by Gasteiger charge is -2.24. The minimum absolute atomic E-state index is 0.0724. The van der Waals surface area contributed by atoms with Crippen LogP contribution in [0.15, 0.2) is 41.6 Å². The van der Waals surface area contributed by atoms with E-state index in [1.807, 2.05) is 35.5 Å². The molecule has 2 aliphatic rings. The van der Waals surface area contributed by atoms with Crippen molar-refractivity contribution in [2.24, 2.45) is 5.10 Å². The molecule has 0 bridgehead atoms. The summed E-state index contributed by atoms with van der Waals surface area (Å²) in [6, 6.07) is 7.83. The van der Waals surface area contributed by atoms with Crippen LogP contribution in [-0.2, 0) is 9.47 Å². The third-order valence-corrected chi connectivity index (χ3v) is 3.76. The molecule has 0 saturated carbocycles. The molecule has 22 heavy (non-hydrogen) atoms. The van der Waals surface area contributed by atoms with E-state index in [9.17, 15) is 0 Å². The Balaban J connectivity index is 1.59. The van der Waals surface area contributed by atoms with Crippen molar-refractivity contribution in [3.8, 4) is 5.75 Å². The fraction of sp³-hybridized carbons (Fsp3) is 0.471. The van der Waals surface area contributed by atoms with Crippen molar-refractivity contribution in [3.63, 3.8) is 0 Å². The molecular weight excluding hydrogens is 280 g/mol. The van der Waals surface area contributed by atoms with Crippen LogP contribution in [0, 0.1) is 0 Å². The van der Waals surface area contributed by atoms with E-state index in [0.717, 1.165) is 43.0 Å². The monoisotopic (exact) mass is 302 g/mol. The second-order valence-electron chi connectivity index (χ2n) is 5.40. The van der Waals surface area contributed by atoms with Gasteiger partial charge < -0.3 is 14.2 Å². The lowest BCUT2D eigenvalue weighted by atomic mass is 10.2. The highest BCUT2D eigenvalue weighted by Crippen LogP contribution is 2.22. The summed E-state index contributed by atoms with van der Waals surface area (Å²) in [5.74, 6) is 0.840. The zero-order valence-corrected chi connectivity index (χ0v) is 12.9. The highest BCUT2D eigenvalue weighted by molar-refractivity contribution is 5.89. The van der Waals surface area contributed by atoms with E-state index < -0.39 is 0 Å². The normalized spacial score (nSPS) is 21.6. The Labute approximate surface area is 131 Å². The molecule has 2 aliphatic heterocycles. The molecule has 1 aromatic carbocycles. The van der Waals surface area contributed by atoms with E-state index in [0.29, 0.717) is 6.61 Å². The van der Waals surface area contributed by atoms with Gasteiger partial charge in [-0.15, -0.1) is 0 Å². The number of anilines is 1. The lowest BCUT2D eigenvalue weighted by Crippen LogP contribution is -2.27. The van der Waals surface area contributed by atoms with Crippen LogP contribution in [0.1, 0.15) is 25.7 Å². The van der Waals surface area contributed by atoms with E-state index in [1.54, 1.807) is 7.11 Å². The molecule has 0 N–H and O–H groups in total. The Bertz CT molecular complexity index is 533. The van der Waals surface area contributed by atoms with Crippen LogP contribution in [0.3, 0.4) is 0 Å². The van der Waals surface area contributed by atoms with Gasteiger partial charge in [-0.2, -0.15) is 5.10 Å². The van der Waals surface area contributed by atoms with Gasteiger partial charge in [-0.05, 0) is 43.5 Å². The van der Waals surface area contributed by atoms with Gasteiger partial charge in [0.1, 0.15) is 5.75 Å². The predicted octanol–water partition coefficient (Wildman–Crippen LogP) is 3.32. The Morgan fingerprint density at radius 3 is 2.86 bits per heavy atom. The van der Waals surface area contributed by atoms with Gasteiger partial charge in [0.2, 0.25) is 0 Å². The zero-order valence-electron chi connectivity index (χ0n) is 12.9. The first-order valence-electron chi connectivity index (χ1n) is 7.74. The topological polar surface area (TPSA) is 43.3 Å². The highest BCUT2D eigenvalue weighted by atomic mass is 16.7. The molecule has 2 heterocycles. The summed E-state index contributed by atoms with van der Waals surface area (Å²) in [7, 11) is 1.66. The largest absolute Gasteiger partial charge is 0.497 e. The Hall–Kier alpha value is -1.85. The van der Waals surface area contributed by atoms with Gasteiger partial charge in [-0.1, -0.05) is 6.08 Å². The number of rotatable bonds is 5. The molecule has 0 amide bonds. The van der Waals surface area contributed by atoms with Crippen molar-refractivity contribution in [2.45, 2.75) is 32.0 Å². The smallest absolute Gasteiger partial charge is 0.158 e. The molecular formula is C17H22N2O3. The van der Waals surface area contributed by atoms with Crippen LogP contribution in [0.25, 0.3) is 0 Å². The van der Waals surface area contributed by atoms with Crippen LogP contribution in [0.4, 0.5) is 5.69 Å². The van der Waals surface area contributed by atoms with Gasteiger partial charge in [0, 0.05) is 19.2 Å². The number of methoxy groups -OCH3 is 1. The van der Waals surface area contributed by atoms with E-state index >= 15 is 0 Å². The Kier molecular flexibility index (Phi) is 5.08. The first-order chi connectivity index (χ1) is 10.8. The first kappa shape index (κ1) is 15.1. The van der Waals surface area contributed by atoms with Crippen molar-refractivity contribution >= 4 is 11.4 Å². The maximum atomic E-state index is 5.81. The van der Waals surface area contributed by atoms with E-state index in [4.69, 9.17) is 14.2 Å². The maximum Gasteiger partial charge on any atom is 0.158 e. The average Bonchev–Trinajstić information content (AvgIpc) is 2.61. The quantitative estimate of drug-likeness (QED) is 0.837. The van der Waals surface area contributed by atoms with E-state index in [1.165, 1.54) is 6.42 Å². The minimum atomic E-state index is -0.0724. The average molecular weight is 302 g/mol. The minimum Gasteiger partial charge on any atom is -0.497 e. The highest BCUT2D eigenvalue weighted by Gasteiger charge is 2.16. The maximum absolute atomic E-state index is 5.81. The van der Waals surface area contributed by atoms with Gasteiger partial charge in [0.25, 0.3) is 0 Å². The van der Waals surface area contributed by atoms with Crippen LogP contribution >= 0.6 is 0 Å². The van der Waals surface area contributed by atoms with Crippen LogP contribution in [-0.4, -0.2) is 32.3 Å². The third-order valence-electron chi connectivity index (χ3n) is 3.76. The number of ether oxygens (including phenoxy) is 3. The molecule has 118 valence electrons. The summed E-state index contributed by atoms with van der Waals surface area (Å²) >= 11 is 0. The standard InChI is InChI=1S/C17H22N2O3/c1-20-16-9-7-15(8-10-16)19-11-4-5-14(18-19)13-22-17-6-2-3-12-21-17/h4,7-11,17H,2-3,5-6,12-13H2,1H3.